The lowest BCUT2D eigenvalue weighted by atomic mass is 10.1. The summed E-state index contributed by atoms with van der Waals surface area (Å²) in [4.78, 5) is 25.3. The van der Waals surface area contributed by atoms with Crippen LogP contribution >= 0.6 is 0 Å². The third kappa shape index (κ3) is 2.63. The molecule has 26 heavy (non-hydrogen) atoms. The number of aliphatic hydroxyl groups excluding tert-OH is 3. The summed E-state index contributed by atoms with van der Waals surface area (Å²) >= 11 is 0. The van der Waals surface area contributed by atoms with Crippen LogP contribution in [-0.2, 0) is 4.74 Å². The fourth-order valence-electron chi connectivity index (χ4n) is 3.63. The number of nitrogens with one attached hydrogen (secondary N) is 1. The second-order valence-corrected chi connectivity index (χ2v) is 6.68. The SMILES string of the molecule is Nc1nc2c(nc(N3CCCCC3)n2[C@H]2O[C@@H](CO)[C@@H](O)[C@H]2O)c(=O)[nH]1. The number of hydrogen-bond acceptors (Lipinski definition) is 9. The number of ether oxygens (including phenoxy) is 1. The van der Waals surface area contributed by atoms with Crippen molar-refractivity contribution in [2.45, 2.75) is 43.8 Å². The summed E-state index contributed by atoms with van der Waals surface area (Å²) in [7, 11) is 0. The van der Waals surface area contributed by atoms with Gasteiger partial charge in [-0.1, -0.05) is 0 Å². The summed E-state index contributed by atoms with van der Waals surface area (Å²) in [6.45, 7) is 1.04. The molecule has 0 aromatic carbocycles. The van der Waals surface area contributed by atoms with Gasteiger partial charge in [0.25, 0.3) is 5.56 Å². The lowest BCUT2D eigenvalue weighted by Gasteiger charge is -2.30. The molecule has 0 radical (unpaired) electrons. The molecule has 6 N–H and O–H groups in total. The predicted octanol–water partition coefficient (Wildman–Crippen LogP) is -1.70. The van der Waals surface area contributed by atoms with E-state index >= 15 is 0 Å². The Balaban J connectivity index is 1.89. The number of fused-ring (bicyclic) bond motifs is 1. The van der Waals surface area contributed by atoms with Gasteiger partial charge in [-0.05, 0) is 19.3 Å². The van der Waals surface area contributed by atoms with Gasteiger partial charge in [0.1, 0.15) is 18.3 Å². The number of nitrogens with two attached hydrogens (primary N) is 1. The van der Waals surface area contributed by atoms with E-state index in [0.717, 1.165) is 32.4 Å². The van der Waals surface area contributed by atoms with Crippen LogP contribution < -0.4 is 16.2 Å². The molecule has 11 nitrogen and oxygen atoms in total. The minimum atomic E-state index is -1.31. The van der Waals surface area contributed by atoms with Gasteiger partial charge in [-0.3, -0.25) is 14.3 Å². The molecule has 2 aliphatic heterocycles. The van der Waals surface area contributed by atoms with Crippen LogP contribution in [0, 0.1) is 0 Å². The first kappa shape index (κ1) is 17.2. The zero-order valence-corrected chi connectivity index (χ0v) is 14.1. The number of H-pyrrole nitrogens is 1. The Labute approximate surface area is 148 Å². The van der Waals surface area contributed by atoms with Crippen molar-refractivity contribution in [2.75, 3.05) is 30.3 Å². The Kier molecular flexibility index (Phi) is 4.31. The third-order valence-corrected chi connectivity index (χ3v) is 4.96. The number of nitrogens with zero attached hydrogens (tertiary/aromatic N) is 4. The summed E-state index contributed by atoms with van der Waals surface area (Å²) in [6.07, 6.45) is -1.50. The van der Waals surface area contributed by atoms with Crippen LogP contribution in [0.5, 0.6) is 0 Å². The molecule has 2 fully saturated rings. The monoisotopic (exact) mass is 366 g/mol. The fraction of sp³-hybridized carbons (Fsp3) is 0.667. The van der Waals surface area contributed by atoms with Gasteiger partial charge in [-0.15, -0.1) is 0 Å². The maximum absolute atomic E-state index is 12.3. The van der Waals surface area contributed by atoms with E-state index in [0.29, 0.717) is 5.95 Å². The highest BCUT2D eigenvalue weighted by Gasteiger charge is 2.45. The Morgan fingerprint density at radius 2 is 1.92 bits per heavy atom. The van der Waals surface area contributed by atoms with E-state index in [9.17, 15) is 20.1 Å². The van der Waals surface area contributed by atoms with Crippen molar-refractivity contribution in [3.05, 3.63) is 10.4 Å². The van der Waals surface area contributed by atoms with E-state index in [-0.39, 0.29) is 17.1 Å². The lowest BCUT2D eigenvalue weighted by Crippen LogP contribution is -2.35. The van der Waals surface area contributed by atoms with E-state index in [4.69, 9.17) is 10.5 Å². The van der Waals surface area contributed by atoms with Gasteiger partial charge in [-0.25, -0.2) is 4.98 Å². The number of aromatic amines is 1. The molecule has 2 saturated heterocycles. The molecule has 0 spiro atoms. The number of aromatic nitrogens is 4. The molecule has 4 heterocycles. The van der Waals surface area contributed by atoms with Crippen LogP contribution in [0.4, 0.5) is 11.9 Å². The Morgan fingerprint density at radius 3 is 2.58 bits per heavy atom. The highest BCUT2D eigenvalue weighted by Crippen LogP contribution is 2.35. The number of anilines is 2. The molecule has 0 amide bonds. The molecular formula is C15H22N6O5. The summed E-state index contributed by atoms with van der Waals surface area (Å²) in [5.41, 5.74) is 5.44. The van der Waals surface area contributed by atoms with Gasteiger partial charge < -0.3 is 30.7 Å². The molecule has 4 rings (SSSR count). The van der Waals surface area contributed by atoms with E-state index in [1.165, 1.54) is 4.57 Å². The van der Waals surface area contributed by atoms with E-state index in [2.05, 4.69) is 15.0 Å². The first-order valence-electron chi connectivity index (χ1n) is 8.66. The second-order valence-electron chi connectivity index (χ2n) is 6.68. The lowest BCUT2D eigenvalue weighted by molar-refractivity contribution is -0.0504. The average molecular weight is 366 g/mol. The van der Waals surface area contributed by atoms with Gasteiger partial charge in [-0.2, -0.15) is 4.98 Å². The fourth-order valence-corrected chi connectivity index (χ4v) is 3.63. The minimum absolute atomic E-state index is 0.0810. The van der Waals surface area contributed by atoms with E-state index < -0.39 is 36.7 Å². The number of piperidine rings is 1. The average Bonchev–Trinajstić information content (AvgIpc) is 3.14. The quantitative estimate of drug-likeness (QED) is 0.426. The molecule has 2 aliphatic rings. The molecule has 4 atom stereocenters. The van der Waals surface area contributed by atoms with Gasteiger partial charge in [0, 0.05) is 13.1 Å². The predicted molar refractivity (Wildman–Crippen MR) is 91.6 cm³/mol. The maximum atomic E-state index is 12.3. The zero-order chi connectivity index (χ0) is 18.4. The van der Waals surface area contributed by atoms with Gasteiger partial charge >= 0.3 is 0 Å². The molecule has 2 aromatic rings. The van der Waals surface area contributed by atoms with Gasteiger partial charge in [0.15, 0.2) is 17.4 Å². The Morgan fingerprint density at radius 1 is 1.19 bits per heavy atom. The maximum Gasteiger partial charge on any atom is 0.280 e. The first-order valence-corrected chi connectivity index (χ1v) is 8.66. The molecule has 142 valence electrons. The van der Waals surface area contributed by atoms with Crippen molar-refractivity contribution < 1.29 is 20.1 Å². The molecule has 0 aliphatic carbocycles. The smallest absolute Gasteiger partial charge is 0.280 e. The zero-order valence-electron chi connectivity index (χ0n) is 14.1. The van der Waals surface area contributed by atoms with Crippen LogP contribution in [0.1, 0.15) is 25.5 Å². The molecule has 0 saturated carbocycles. The topological polar surface area (TPSA) is 163 Å². The van der Waals surface area contributed by atoms with Crippen LogP contribution in [0.15, 0.2) is 4.79 Å². The van der Waals surface area contributed by atoms with Crippen molar-refractivity contribution in [1.29, 1.82) is 0 Å². The highest BCUT2D eigenvalue weighted by atomic mass is 16.6. The van der Waals surface area contributed by atoms with E-state index in [1.807, 2.05) is 4.90 Å². The van der Waals surface area contributed by atoms with Crippen molar-refractivity contribution in [2.24, 2.45) is 0 Å². The summed E-state index contributed by atoms with van der Waals surface area (Å²) < 4.78 is 7.15. The second kappa shape index (κ2) is 6.50. The van der Waals surface area contributed by atoms with Gasteiger partial charge in [0.2, 0.25) is 11.9 Å². The van der Waals surface area contributed by atoms with Crippen molar-refractivity contribution in [1.82, 2.24) is 19.5 Å². The molecule has 0 unspecified atom stereocenters. The molecule has 2 aromatic heterocycles. The number of imidazole rings is 1. The highest BCUT2D eigenvalue weighted by molar-refractivity contribution is 5.75. The standard InChI is InChI=1S/C15H22N6O5/c16-14-18-11-8(12(25)19-14)17-15(20-4-2-1-3-5-20)21(11)13-10(24)9(23)7(6-22)26-13/h7,9-10,13,22-24H,1-6H2,(H3,16,18,19,25)/t7-,9+,10+,13-/m0/s1. The number of aliphatic hydroxyl groups is 3. The normalized spacial score (nSPS) is 29.6. The van der Waals surface area contributed by atoms with Crippen molar-refractivity contribution in [3.8, 4) is 0 Å². The van der Waals surface area contributed by atoms with Crippen LogP contribution in [0.25, 0.3) is 11.2 Å². The Bertz CT molecular complexity index is 860. The minimum Gasteiger partial charge on any atom is -0.394 e. The van der Waals surface area contributed by atoms with Crippen molar-refractivity contribution >= 4 is 23.1 Å². The summed E-state index contributed by atoms with van der Waals surface area (Å²) in [6, 6.07) is 0. The first-order chi connectivity index (χ1) is 12.5. The van der Waals surface area contributed by atoms with E-state index in [1.54, 1.807) is 0 Å². The Hall–Kier alpha value is -2.21. The number of rotatable bonds is 3. The third-order valence-electron chi connectivity index (χ3n) is 4.96. The largest absolute Gasteiger partial charge is 0.394 e. The molecular weight excluding hydrogens is 344 g/mol. The molecule has 11 heteroatoms. The number of hydrogen-bond donors (Lipinski definition) is 5. The summed E-state index contributed by atoms with van der Waals surface area (Å²) in [5.74, 6) is 0.346. The molecule has 0 bridgehead atoms. The van der Waals surface area contributed by atoms with Crippen LogP contribution in [-0.4, -0.2) is 72.8 Å². The van der Waals surface area contributed by atoms with Crippen molar-refractivity contribution in [3.63, 3.8) is 0 Å². The van der Waals surface area contributed by atoms with Crippen LogP contribution in [0.2, 0.25) is 0 Å². The van der Waals surface area contributed by atoms with Crippen LogP contribution in [0.3, 0.4) is 0 Å². The number of nitrogen functional groups attached to an aromatic ring is 1. The summed E-state index contributed by atoms with van der Waals surface area (Å²) in [5, 5.41) is 29.9. The van der Waals surface area contributed by atoms with Gasteiger partial charge in [0.05, 0.1) is 6.61 Å².